The molecule has 0 radical (unpaired) electrons. The molecule has 18 heavy (non-hydrogen) atoms. The van der Waals surface area contributed by atoms with E-state index in [4.69, 9.17) is 15.4 Å². The maximum Gasteiger partial charge on any atom is 0.261 e. The Hall–Kier alpha value is 0.220. The van der Waals surface area contributed by atoms with Crippen molar-refractivity contribution in [2.24, 2.45) is 0 Å². The predicted octanol–water partition coefficient (Wildman–Crippen LogP) is 4.71. The SMILES string of the molecule is CCCCCOc1c(Br)cc(S(=O)(=O)Cl)cc1Br. The number of hydrogen-bond donors (Lipinski definition) is 0. The van der Waals surface area contributed by atoms with Crippen LogP contribution in [0.1, 0.15) is 26.2 Å². The number of rotatable bonds is 6. The van der Waals surface area contributed by atoms with Gasteiger partial charge in [-0.1, -0.05) is 19.8 Å². The molecular formula is C11H13Br2ClO3S. The highest BCUT2D eigenvalue weighted by molar-refractivity contribution is 9.11. The second-order valence-corrected chi connectivity index (χ2v) is 7.98. The van der Waals surface area contributed by atoms with Gasteiger partial charge in [0, 0.05) is 10.7 Å². The molecule has 0 N–H and O–H groups in total. The van der Waals surface area contributed by atoms with Gasteiger partial charge >= 0.3 is 0 Å². The third-order valence-corrected chi connectivity index (χ3v) is 4.76. The monoisotopic (exact) mass is 418 g/mol. The fourth-order valence-electron chi connectivity index (χ4n) is 1.34. The van der Waals surface area contributed by atoms with Gasteiger partial charge in [0.05, 0.1) is 20.4 Å². The summed E-state index contributed by atoms with van der Waals surface area (Å²) in [5.74, 6) is 0.593. The maximum absolute atomic E-state index is 11.2. The van der Waals surface area contributed by atoms with Gasteiger partial charge in [-0.15, -0.1) is 0 Å². The summed E-state index contributed by atoms with van der Waals surface area (Å²) in [4.78, 5) is 0.0313. The third-order valence-electron chi connectivity index (χ3n) is 2.25. The Labute approximate surface area is 129 Å². The minimum Gasteiger partial charge on any atom is -0.491 e. The van der Waals surface area contributed by atoms with Gasteiger partial charge in [0.1, 0.15) is 5.75 Å². The van der Waals surface area contributed by atoms with Crippen LogP contribution in [0.25, 0.3) is 0 Å². The van der Waals surface area contributed by atoms with Crippen molar-refractivity contribution in [3.8, 4) is 5.75 Å². The highest BCUT2D eigenvalue weighted by Crippen LogP contribution is 2.36. The number of unbranched alkanes of at least 4 members (excludes halogenated alkanes) is 2. The fourth-order valence-corrected chi connectivity index (χ4v) is 3.84. The molecule has 0 amide bonds. The van der Waals surface area contributed by atoms with Crippen molar-refractivity contribution in [2.45, 2.75) is 31.1 Å². The first kappa shape index (κ1) is 16.3. The fraction of sp³-hybridized carbons (Fsp3) is 0.455. The zero-order valence-corrected chi connectivity index (χ0v) is 14.5. The van der Waals surface area contributed by atoms with Gasteiger partial charge in [-0.05, 0) is 50.4 Å². The normalized spacial score (nSPS) is 11.6. The van der Waals surface area contributed by atoms with Gasteiger partial charge in [0.25, 0.3) is 9.05 Å². The molecule has 1 aromatic carbocycles. The Morgan fingerprint density at radius 3 is 2.22 bits per heavy atom. The van der Waals surface area contributed by atoms with Crippen LogP contribution in [0.5, 0.6) is 5.75 Å². The van der Waals surface area contributed by atoms with Crippen LogP contribution in [-0.4, -0.2) is 15.0 Å². The Bertz CT molecular complexity index is 494. The average molecular weight is 421 g/mol. The van der Waals surface area contributed by atoms with E-state index < -0.39 is 9.05 Å². The summed E-state index contributed by atoms with van der Waals surface area (Å²) in [6.45, 7) is 2.71. The van der Waals surface area contributed by atoms with Crippen molar-refractivity contribution in [1.82, 2.24) is 0 Å². The largest absolute Gasteiger partial charge is 0.491 e. The van der Waals surface area contributed by atoms with Crippen LogP contribution in [0.2, 0.25) is 0 Å². The summed E-state index contributed by atoms with van der Waals surface area (Å²) in [5, 5.41) is 0. The average Bonchev–Trinajstić information content (AvgIpc) is 2.25. The number of benzene rings is 1. The quantitative estimate of drug-likeness (QED) is 0.495. The molecule has 7 heteroatoms. The van der Waals surface area contributed by atoms with Crippen molar-refractivity contribution in [3.05, 3.63) is 21.1 Å². The van der Waals surface area contributed by atoms with E-state index in [-0.39, 0.29) is 4.90 Å². The Kier molecular flexibility index (Phi) is 6.44. The van der Waals surface area contributed by atoms with Crippen LogP contribution in [0.15, 0.2) is 26.0 Å². The van der Waals surface area contributed by atoms with Crippen LogP contribution in [0, 0.1) is 0 Å². The molecule has 102 valence electrons. The van der Waals surface area contributed by atoms with E-state index in [1.54, 1.807) is 0 Å². The van der Waals surface area contributed by atoms with Gasteiger partial charge in [0.2, 0.25) is 0 Å². The minimum absolute atomic E-state index is 0.0313. The first-order valence-electron chi connectivity index (χ1n) is 5.42. The van der Waals surface area contributed by atoms with Crippen LogP contribution < -0.4 is 4.74 Å². The smallest absolute Gasteiger partial charge is 0.261 e. The van der Waals surface area contributed by atoms with Gasteiger partial charge in [-0.2, -0.15) is 0 Å². The summed E-state index contributed by atoms with van der Waals surface area (Å²) in [5.41, 5.74) is 0. The second-order valence-electron chi connectivity index (χ2n) is 3.71. The van der Waals surface area contributed by atoms with Gasteiger partial charge in [0.15, 0.2) is 0 Å². The lowest BCUT2D eigenvalue weighted by Gasteiger charge is -2.11. The first-order valence-corrected chi connectivity index (χ1v) is 9.32. The zero-order valence-electron chi connectivity index (χ0n) is 9.75. The molecule has 0 unspecified atom stereocenters. The summed E-state index contributed by atoms with van der Waals surface area (Å²) in [6.07, 6.45) is 3.18. The van der Waals surface area contributed by atoms with E-state index in [0.717, 1.165) is 19.3 Å². The van der Waals surface area contributed by atoms with E-state index >= 15 is 0 Å². The molecule has 0 spiro atoms. The van der Waals surface area contributed by atoms with Crippen molar-refractivity contribution in [1.29, 1.82) is 0 Å². The first-order chi connectivity index (χ1) is 8.36. The van der Waals surface area contributed by atoms with Crippen molar-refractivity contribution in [2.75, 3.05) is 6.61 Å². The standard InChI is InChI=1S/C11H13Br2ClO3S/c1-2-3-4-5-17-11-9(12)6-8(7-10(11)13)18(14,15)16/h6-7H,2-5H2,1H3. The zero-order chi connectivity index (χ0) is 13.8. The molecule has 3 nitrogen and oxygen atoms in total. The summed E-state index contributed by atoms with van der Waals surface area (Å²) < 4.78 is 29.2. The molecular weight excluding hydrogens is 407 g/mol. The molecule has 1 aromatic rings. The molecule has 0 saturated heterocycles. The minimum atomic E-state index is -3.74. The van der Waals surface area contributed by atoms with E-state index in [1.807, 2.05) is 0 Å². The van der Waals surface area contributed by atoms with Crippen molar-refractivity contribution < 1.29 is 13.2 Å². The number of hydrogen-bond acceptors (Lipinski definition) is 3. The highest BCUT2D eigenvalue weighted by atomic mass is 79.9. The Morgan fingerprint density at radius 1 is 1.22 bits per heavy atom. The molecule has 0 aromatic heterocycles. The van der Waals surface area contributed by atoms with Crippen LogP contribution in [-0.2, 0) is 9.05 Å². The lowest BCUT2D eigenvalue weighted by molar-refractivity contribution is 0.302. The molecule has 0 atom stereocenters. The lowest BCUT2D eigenvalue weighted by atomic mass is 10.3. The van der Waals surface area contributed by atoms with Gasteiger partial charge in [-0.25, -0.2) is 8.42 Å². The molecule has 0 aliphatic heterocycles. The highest BCUT2D eigenvalue weighted by Gasteiger charge is 2.16. The van der Waals surface area contributed by atoms with E-state index in [2.05, 4.69) is 38.8 Å². The molecule has 0 aliphatic rings. The van der Waals surface area contributed by atoms with Crippen molar-refractivity contribution >= 4 is 51.6 Å². The number of ether oxygens (including phenoxy) is 1. The van der Waals surface area contributed by atoms with E-state index in [0.29, 0.717) is 21.3 Å². The van der Waals surface area contributed by atoms with E-state index in [1.165, 1.54) is 12.1 Å². The van der Waals surface area contributed by atoms with E-state index in [9.17, 15) is 8.42 Å². The Balaban J connectivity index is 2.88. The Morgan fingerprint density at radius 2 is 1.78 bits per heavy atom. The van der Waals surface area contributed by atoms with Crippen LogP contribution >= 0.6 is 42.5 Å². The van der Waals surface area contributed by atoms with Crippen molar-refractivity contribution in [3.63, 3.8) is 0 Å². The summed E-state index contributed by atoms with van der Waals surface area (Å²) in [6, 6.07) is 2.87. The summed E-state index contributed by atoms with van der Waals surface area (Å²) >= 11 is 6.56. The summed E-state index contributed by atoms with van der Waals surface area (Å²) in [7, 11) is 1.55. The topological polar surface area (TPSA) is 43.4 Å². The maximum atomic E-state index is 11.2. The molecule has 0 aliphatic carbocycles. The van der Waals surface area contributed by atoms with Gasteiger partial charge in [-0.3, -0.25) is 0 Å². The number of halogens is 3. The molecule has 0 fully saturated rings. The lowest BCUT2D eigenvalue weighted by Crippen LogP contribution is -2.00. The molecule has 0 bridgehead atoms. The van der Waals surface area contributed by atoms with Crippen LogP contribution in [0.4, 0.5) is 0 Å². The van der Waals surface area contributed by atoms with Gasteiger partial charge < -0.3 is 4.74 Å². The second kappa shape index (κ2) is 7.12. The van der Waals surface area contributed by atoms with Crippen LogP contribution in [0.3, 0.4) is 0 Å². The molecule has 0 saturated carbocycles. The predicted molar refractivity (Wildman–Crippen MR) is 79.9 cm³/mol. The molecule has 0 heterocycles. The molecule has 1 rings (SSSR count). The third kappa shape index (κ3) is 4.72.